The third-order valence-corrected chi connectivity index (χ3v) is 21.0. The fourth-order valence-corrected chi connectivity index (χ4v) is 14.5. The fourth-order valence-electron chi connectivity index (χ4n) is 14.5. The van der Waals surface area contributed by atoms with Gasteiger partial charge < -0.3 is 100 Å². The van der Waals surface area contributed by atoms with E-state index in [1.807, 2.05) is 0 Å². The van der Waals surface area contributed by atoms with Gasteiger partial charge >= 0.3 is 5.97 Å². The molecule has 0 radical (unpaired) electrons. The SMILES string of the molecule is CCCCCCCCCCCCCC/C=C\CCCCCCCCCCCCCCCC(=O)NC(COC1OC(CO)C(OC2OC(CO)C(O)C(OC3(C(=O)O)CC(O)C(NC(C)=O)C(C(O)C(O)CO)O3)C2O)C(O)C1O)C(O)CCCCCCCCCCCCCCCCCCCCC. The summed E-state index contributed by atoms with van der Waals surface area (Å²) in [6.45, 7) is 2.26. The van der Waals surface area contributed by atoms with Gasteiger partial charge in [-0.3, -0.25) is 9.59 Å². The Bertz CT molecular complexity index is 2080. The third kappa shape index (κ3) is 38.5. The molecule has 0 aromatic rings. The first-order valence-corrected chi connectivity index (χ1v) is 41.0. The number of allylic oxidation sites excluding steroid dienone is 2. The Kier molecular flexibility index (Phi) is 53.7. The summed E-state index contributed by atoms with van der Waals surface area (Å²) in [5, 5.41) is 137. The minimum Gasteiger partial charge on any atom is -0.477 e. The average Bonchev–Trinajstić information content (AvgIpc) is 0.755. The molecule has 0 spiro atoms. The molecule has 18 unspecified atom stereocenters. The van der Waals surface area contributed by atoms with Crippen LogP contribution in [0.4, 0.5) is 0 Å². The zero-order valence-electron chi connectivity index (χ0n) is 63.5. The number of aliphatic carboxylic acids is 1. The number of carboxylic acid groups (broad SMARTS) is 1. The number of aliphatic hydroxyl groups excluding tert-OH is 11. The van der Waals surface area contributed by atoms with Crippen molar-refractivity contribution in [3.63, 3.8) is 0 Å². The maximum absolute atomic E-state index is 13.6. The Labute approximate surface area is 613 Å². The monoisotopic (exact) mass is 1460 g/mol. The number of carbonyl (C=O) groups is 3. The molecule has 3 rings (SSSR count). The summed E-state index contributed by atoms with van der Waals surface area (Å²) in [6, 6.07) is -2.53. The largest absolute Gasteiger partial charge is 0.477 e. The van der Waals surface area contributed by atoms with E-state index < -0.39 is 148 Å². The molecule has 3 heterocycles. The standard InChI is InChI=1S/C79H148N2O21/c1-4-6-8-10-12-14-16-18-20-22-24-25-26-27-28-29-30-31-32-33-35-37-39-41-43-45-47-49-51-53-66(89)81-60(61(86)52-50-48-46-44-42-40-38-36-34-23-21-19-17-15-13-11-9-7-5-2)58-97-76-71(93)70(92)73(65(57-84)99-76)100-77-72(94)75(69(91)64(56-83)98-77)102-79(78(95)96)54-62(87)67(80-59(3)85)74(101-79)68(90)63(88)55-82/h27-28,60-65,67-77,82-84,86-88,90-94H,4-26,29-58H2,1-3H3,(H,80,85)(H,81,89)(H,95,96)/b28-27-. The number of carboxylic acids is 1. The number of ether oxygens (including phenoxy) is 6. The predicted molar refractivity (Wildman–Crippen MR) is 394 cm³/mol. The lowest BCUT2D eigenvalue weighted by Gasteiger charge is -2.50. The molecule has 14 N–H and O–H groups in total. The molecule has 0 aliphatic carbocycles. The smallest absolute Gasteiger partial charge is 0.364 e. The van der Waals surface area contributed by atoms with Crippen LogP contribution in [0, 0.1) is 0 Å². The molecule has 0 saturated carbocycles. The summed E-state index contributed by atoms with van der Waals surface area (Å²) in [6.07, 6.45) is 33.5. The number of carbonyl (C=O) groups excluding carboxylic acids is 2. The molecule has 0 bridgehead atoms. The van der Waals surface area contributed by atoms with Crippen molar-refractivity contribution >= 4 is 17.8 Å². The fraction of sp³-hybridized carbons (Fsp3) is 0.937. The molecular weight excluding hydrogens is 1310 g/mol. The van der Waals surface area contributed by atoms with Crippen molar-refractivity contribution in [3.8, 4) is 0 Å². The van der Waals surface area contributed by atoms with E-state index in [4.69, 9.17) is 28.4 Å². The van der Waals surface area contributed by atoms with E-state index in [2.05, 4.69) is 36.6 Å². The van der Waals surface area contributed by atoms with Crippen molar-refractivity contribution in [2.45, 2.75) is 445 Å². The maximum Gasteiger partial charge on any atom is 0.364 e. The van der Waals surface area contributed by atoms with Gasteiger partial charge in [-0.25, -0.2) is 4.79 Å². The summed E-state index contributed by atoms with van der Waals surface area (Å²) in [7, 11) is 0. The number of amides is 2. The summed E-state index contributed by atoms with van der Waals surface area (Å²) < 4.78 is 35.0. The normalized spacial score (nSPS) is 26.7. The van der Waals surface area contributed by atoms with Crippen LogP contribution in [-0.4, -0.2) is 215 Å². The minimum atomic E-state index is -3.08. The van der Waals surface area contributed by atoms with E-state index in [-0.39, 0.29) is 18.9 Å². The number of hydrogen-bond acceptors (Lipinski definition) is 20. The van der Waals surface area contributed by atoms with Crippen LogP contribution >= 0.6 is 0 Å². The lowest BCUT2D eigenvalue weighted by Crippen LogP contribution is -2.70. The van der Waals surface area contributed by atoms with Crippen LogP contribution in [0.2, 0.25) is 0 Å². The van der Waals surface area contributed by atoms with Crippen molar-refractivity contribution in [3.05, 3.63) is 12.2 Å². The molecular formula is C79H148N2O21. The molecule has 0 aromatic heterocycles. The Hall–Kier alpha value is -2.53. The third-order valence-electron chi connectivity index (χ3n) is 21.0. The van der Waals surface area contributed by atoms with Crippen molar-refractivity contribution in [1.29, 1.82) is 0 Å². The predicted octanol–water partition coefficient (Wildman–Crippen LogP) is 11.0. The summed E-state index contributed by atoms with van der Waals surface area (Å²) in [5.74, 6) is -6.09. The second-order valence-corrected chi connectivity index (χ2v) is 30.0. The Morgan fingerprint density at radius 1 is 0.500 bits per heavy atom. The number of unbranched alkanes of at least 4 members (excludes halogenated alkanes) is 43. The molecule has 0 aromatic carbocycles. The Morgan fingerprint density at radius 3 is 1.32 bits per heavy atom. The van der Waals surface area contributed by atoms with Crippen molar-refractivity contribution in [2.75, 3.05) is 26.4 Å². The van der Waals surface area contributed by atoms with Gasteiger partial charge in [0.2, 0.25) is 11.8 Å². The first-order valence-electron chi connectivity index (χ1n) is 41.0. The van der Waals surface area contributed by atoms with Crippen molar-refractivity contribution in [2.24, 2.45) is 0 Å². The zero-order chi connectivity index (χ0) is 74.6. The van der Waals surface area contributed by atoms with Gasteiger partial charge in [0, 0.05) is 19.8 Å². The van der Waals surface area contributed by atoms with Crippen LogP contribution in [0.5, 0.6) is 0 Å². The number of nitrogens with one attached hydrogen (secondary N) is 2. The van der Waals surface area contributed by atoms with Gasteiger partial charge in [-0.1, -0.05) is 289 Å². The van der Waals surface area contributed by atoms with Crippen LogP contribution in [0.15, 0.2) is 12.2 Å². The summed E-state index contributed by atoms with van der Waals surface area (Å²) in [5.41, 5.74) is 0. The van der Waals surface area contributed by atoms with Crippen LogP contribution in [0.1, 0.15) is 335 Å². The molecule has 3 fully saturated rings. The zero-order valence-corrected chi connectivity index (χ0v) is 63.5. The van der Waals surface area contributed by atoms with Crippen LogP contribution in [-0.2, 0) is 42.8 Å². The van der Waals surface area contributed by atoms with E-state index in [0.717, 1.165) is 58.3 Å². The van der Waals surface area contributed by atoms with Crippen LogP contribution in [0.3, 0.4) is 0 Å². The highest BCUT2D eigenvalue weighted by molar-refractivity contribution is 5.77. The lowest BCUT2D eigenvalue weighted by molar-refractivity contribution is -0.386. The second kappa shape index (κ2) is 58.5. The van der Waals surface area contributed by atoms with Crippen LogP contribution in [0.25, 0.3) is 0 Å². The molecule has 600 valence electrons. The van der Waals surface area contributed by atoms with Crippen molar-refractivity contribution in [1.82, 2.24) is 10.6 Å². The van der Waals surface area contributed by atoms with E-state index in [1.165, 1.54) is 231 Å². The number of rotatable bonds is 65. The quantitative estimate of drug-likeness (QED) is 0.0199. The highest BCUT2D eigenvalue weighted by atomic mass is 16.8. The topological polar surface area (TPSA) is 373 Å². The lowest BCUT2D eigenvalue weighted by atomic mass is 9.88. The van der Waals surface area contributed by atoms with Gasteiger partial charge in [-0.15, -0.1) is 0 Å². The highest BCUT2D eigenvalue weighted by Crippen LogP contribution is 2.39. The molecule has 102 heavy (non-hydrogen) atoms. The van der Waals surface area contributed by atoms with E-state index in [9.17, 15) is 75.7 Å². The van der Waals surface area contributed by atoms with Gasteiger partial charge in [0.05, 0.1) is 50.7 Å². The molecule has 18 atom stereocenters. The molecule has 3 aliphatic heterocycles. The average molecular weight is 1460 g/mol. The molecule has 3 saturated heterocycles. The summed E-state index contributed by atoms with van der Waals surface area (Å²) >= 11 is 0. The number of aliphatic hydroxyl groups is 11. The van der Waals surface area contributed by atoms with E-state index >= 15 is 0 Å². The second-order valence-electron chi connectivity index (χ2n) is 30.0. The minimum absolute atomic E-state index is 0.226. The van der Waals surface area contributed by atoms with Gasteiger partial charge in [-0.05, 0) is 38.5 Å². The van der Waals surface area contributed by atoms with Gasteiger partial charge in [-0.2, -0.15) is 0 Å². The highest BCUT2D eigenvalue weighted by Gasteiger charge is 2.60. The molecule has 23 heteroatoms. The number of hydrogen-bond donors (Lipinski definition) is 14. The molecule has 23 nitrogen and oxygen atoms in total. The Morgan fingerprint density at radius 2 is 0.912 bits per heavy atom. The van der Waals surface area contributed by atoms with Gasteiger partial charge in [0.15, 0.2) is 12.6 Å². The molecule has 2 amide bonds. The van der Waals surface area contributed by atoms with Crippen molar-refractivity contribution < 1.29 is 104 Å². The Balaban J connectivity index is 1.49. The molecule has 3 aliphatic rings. The van der Waals surface area contributed by atoms with Gasteiger partial charge in [0.25, 0.3) is 5.79 Å². The van der Waals surface area contributed by atoms with E-state index in [0.29, 0.717) is 19.3 Å². The van der Waals surface area contributed by atoms with E-state index in [1.54, 1.807) is 0 Å². The van der Waals surface area contributed by atoms with Crippen LogP contribution < -0.4 is 10.6 Å². The first-order chi connectivity index (χ1) is 49.4. The van der Waals surface area contributed by atoms with Gasteiger partial charge in [0.1, 0.15) is 67.1 Å². The maximum atomic E-state index is 13.6. The summed E-state index contributed by atoms with van der Waals surface area (Å²) in [4.78, 5) is 38.7. The first kappa shape index (κ1) is 93.7.